The number of hydrogen-bond acceptors (Lipinski definition) is 3. The van der Waals surface area contributed by atoms with E-state index in [0.29, 0.717) is 6.42 Å². The van der Waals surface area contributed by atoms with Gasteiger partial charge in [-0.05, 0) is 73.4 Å². The van der Waals surface area contributed by atoms with Crippen LogP contribution in [-0.4, -0.2) is 12.0 Å². The molecule has 0 saturated heterocycles. The molecule has 0 heterocycles. The van der Waals surface area contributed by atoms with Crippen LogP contribution in [0.15, 0.2) is 77.7 Å². The molecular weight excluding hydrogens is 378 g/mol. The average molecular weight is 406 g/mol. The zero-order valence-electron chi connectivity index (χ0n) is 17.1. The van der Waals surface area contributed by atoms with Gasteiger partial charge in [-0.1, -0.05) is 43.3 Å². The first kappa shape index (κ1) is 21.0. The first-order valence-corrected chi connectivity index (χ1v) is 10.8. The van der Waals surface area contributed by atoms with Crippen LogP contribution in [0.3, 0.4) is 0 Å². The van der Waals surface area contributed by atoms with E-state index in [2.05, 4.69) is 35.6 Å². The number of aryl methyl sites for hydroxylation is 2. The van der Waals surface area contributed by atoms with Crippen LogP contribution >= 0.6 is 11.8 Å². The molecule has 150 valence electrons. The van der Waals surface area contributed by atoms with Crippen molar-refractivity contribution in [2.45, 2.75) is 43.9 Å². The van der Waals surface area contributed by atoms with Crippen molar-refractivity contribution in [3.63, 3.8) is 0 Å². The molecule has 3 nitrogen and oxygen atoms in total. The van der Waals surface area contributed by atoms with Gasteiger partial charge in [0.2, 0.25) is 0 Å². The first-order chi connectivity index (χ1) is 14.0. The number of hydrogen-bond donors (Lipinski definition) is 1. The van der Waals surface area contributed by atoms with Gasteiger partial charge in [0.1, 0.15) is 5.75 Å². The van der Waals surface area contributed by atoms with E-state index >= 15 is 0 Å². The van der Waals surface area contributed by atoms with Crippen LogP contribution in [-0.2, 0) is 10.5 Å². The number of amides is 1. The van der Waals surface area contributed by atoms with Crippen molar-refractivity contribution in [2.24, 2.45) is 0 Å². The van der Waals surface area contributed by atoms with E-state index in [1.807, 2.05) is 63.2 Å². The number of anilines is 1. The molecule has 0 bridgehead atoms. The van der Waals surface area contributed by atoms with Gasteiger partial charge in [0.15, 0.2) is 6.10 Å². The molecule has 0 fully saturated rings. The van der Waals surface area contributed by atoms with Gasteiger partial charge in [0, 0.05) is 16.3 Å². The predicted molar refractivity (Wildman–Crippen MR) is 122 cm³/mol. The monoisotopic (exact) mass is 405 g/mol. The molecule has 0 aliphatic carbocycles. The minimum atomic E-state index is -0.524. The predicted octanol–water partition coefficient (Wildman–Crippen LogP) is 6.39. The van der Waals surface area contributed by atoms with E-state index < -0.39 is 6.10 Å². The van der Waals surface area contributed by atoms with E-state index in [0.717, 1.165) is 28.3 Å². The maximum absolute atomic E-state index is 12.7. The maximum Gasteiger partial charge on any atom is 0.265 e. The number of thioether (sulfide) groups is 1. The Labute approximate surface area is 177 Å². The van der Waals surface area contributed by atoms with Gasteiger partial charge in [-0.2, -0.15) is 0 Å². The molecule has 0 aliphatic rings. The fraction of sp³-hybridized carbons (Fsp3) is 0.240. The van der Waals surface area contributed by atoms with Crippen molar-refractivity contribution in [1.29, 1.82) is 0 Å². The smallest absolute Gasteiger partial charge is 0.265 e. The Bertz CT molecular complexity index is 919. The Balaban J connectivity index is 1.57. The SMILES string of the molecule is CC[C@@H](Oc1cc(C)cc(C)c1)C(=O)Nc1ccc(CSc2ccccc2)cc1. The molecular formula is C25H27NO2S. The minimum Gasteiger partial charge on any atom is -0.481 e. The van der Waals surface area contributed by atoms with Gasteiger partial charge in [-0.3, -0.25) is 4.79 Å². The van der Waals surface area contributed by atoms with Gasteiger partial charge in [-0.25, -0.2) is 0 Å². The highest BCUT2D eigenvalue weighted by molar-refractivity contribution is 7.98. The summed E-state index contributed by atoms with van der Waals surface area (Å²) >= 11 is 1.80. The lowest BCUT2D eigenvalue weighted by molar-refractivity contribution is -0.122. The summed E-state index contributed by atoms with van der Waals surface area (Å²) in [5.41, 5.74) is 4.25. The quantitative estimate of drug-likeness (QED) is 0.441. The number of benzene rings is 3. The summed E-state index contributed by atoms with van der Waals surface area (Å²) in [6, 6.07) is 24.3. The summed E-state index contributed by atoms with van der Waals surface area (Å²) in [4.78, 5) is 13.9. The lowest BCUT2D eigenvalue weighted by Gasteiger charge is -2.18. The highest BCUT2D eigenvalue weighted by atomic mass is 32.2. The molecule has 1 N–H and O–H groups in total. The van der Waals surface area contributed by atoms with Gasteiger partial charge in [0.05, 0.1) is 0 Å². The Morgan fingerprint density at radius 3 is 2.24 bits per heavy atom. The van der Waals surface area contributed by atoms with E-state index in [1.54, 1.807) is 11.8 Å². The Morgan fingerprint density at radius 2 is 1.62 bits per heavy atom. The third-order valence-corrected chi connectivity index (χ3v) is 5.59. The number of ether oxygens (including phenoxy) is 1. The standard InChI is InChI=1S/C25H27NO2S/c1-4-24(28-22-15-18(2)14-19(3)16-22)25(27)26-21-12-10-20(11-13-21)17-29-23-8-6-5-7-9-23/h5-16,24H,4,17H2,1-3H3,(H,26,27)/t24-/m1/s1. The molecule has 0 aliphatic heterocycles. The molecule has 0 spiro atoms. The zero-order chi connectivity index (χ0) is 20.6. The van der Waals surface area contributed by atoms with Crippen molar-refractivity contribution in [3.8, 4) is 5.75 Å². The van der Waals surface area contributed by atoms with E-state index in [-0.39, 0.29) is 5.91 Å². The second kappa shape index (κ2) is 10.2. The molecule has 0 radical (unpaired) electrons. The summed E-state index contributed by atoms with van der Waals surface area (Å²) in [6.45, 7) is 6.01. The zero-order valence-corrected chi connectivity index (χ0v) is 18.0. The van der Waals surface area contributed by atoms with Crippen LogP contribution in [0.4, 0.5) is 5.69 Å². The molecule has 3 aromatic rings. The lowest BCUT2D eigenvalue weighted by atomic mass is 10.1. The second-order valence-corrected chi connectivity index (χ2v) is 8.17. The second-order valence-electron chi connectivity index (χ2n) is 7.13. The molecule has 0 aromatic heterocycles. The van der Waals surface area contributed by atoms with Crippen LogP contribution in [0.1, 0.15) is 30.0 Å². The summed E-state index contributed by atoms with van der Waals surface area (Å²) in [5.74, 6) is 1.50. The maximum atomic E-state index is 12.7. The van der Waals surface area contributed by atoms with Crippen molar-refractivity contribution in [1.82, 2.24) is 0 Å². The topological polar surface area (TPSA) is 38.3 Å². The molecule has 1 amide bonds. The molecule has 4 heteroatoms. The van der Waals surface area contributed by atoms with E-state index in [9.17, 15) is 4.79 Å². The van der Waals surface area contributed by atoms with Crippen LogP contribution in [0.25, 0.3) is 0 Å². The third kappa shape index (κ3) is 6.40. The van der Waals surface area contributed by atoms with Crippen molar-refractivity contribution in [3.05, 3.63) is 89.5 Å². The van der Waals surface area contributed by atoms with Crippen molar-refractivity contribution >= 4 is 23.4 Å². The number of carbonyl (C=O) groups excluding carboxylic acids is 1. The van der Waals surface area contributed by atoms with Crippen molar-refractivity contribution < 1.29 is 9.53 Å². The van der Waals surface area contributed by atoms with Crippen LogP contribution in [0.5, 0.6) is 5.75 Å². The number of rotatable bonds is 8. The largest absolute Gasteiger partial charge is 0.481 e. The Hall–Kier alpha value is -2.72. The fourth-order valence-corrected chi connectivity index (χ4v) is 3.95. The molecule has 0 unspecified atom stereocenters. The fourth-order valence-electron chi connectivity index (χ4n) is 3.08. The van der Waals surface area contributed by atoms with Gasteiger partial charge >= 0.3 is 0 Å². The van der Waals surface area contributed by atoms with Gasteiger partial charge in [-0.15, -0.1) is 11.8 Å². The number of carbonyl (C=O) groups is 1. The minimum absolute atomic E-state index is 0.127. The van der Waals surface area contributed by atoms with Gasteiger partial charge in [0.25, 0.3) is 5.91 Å². The Morgan fingerprint density at radius 1 is 0.966 bits per heavy atom. The highest BCUT2D eigenvalue weighted by Crippen LogP contribution is 2.23. The van der Waals surface area contributed by atoms with Crippen LogP contribution in [0, 0.1) is 13.8 Å². The average Bonchev–Trinajstić information content (AvgIpc) is 2.71. The molecule has 0 saturated carbocycles. The number of nitrogens with one attached hydrogen (secondary N) is 1. The summed E-state index contributed by atoms with van der Waals surface area (Å²) in [7, 11) is 0. The molecule has 3 aromatic carbocycles. The van der Waals surface area contributed by atoms with Gasteiger partial charge < -0.3 is 10.1 Å². The van der Waals surface area contributed by atoms with Crippen molar-refractivity contribution in [2.75, 3.05) is 5.32 Å². The normalized spacial score (nSPS) is 11.7. The summed E-state index contributed by atoms with van der Waals surface area (Å²) in [6.07, 6.45) is 0.0782. The Kier molecular flexibility index (Phi) is 7.36. The lowest BCUT2D eigenvalue weighted by Crippen LogP contribution is -2.32. The van der Waals surface area contributed by atoms with Crippen LogP contribution in [0.2, 0.25) is 0 Å². The molecule has 3 rings (SSSR count). The summed E-state index contributed by atoms with van der Waals surface area (Å²) in [5, 5.41) is 2.97. The van der Waals surface area contributed by atoms with E-state index in [1.165, 1.54) is 10.5 Å². The summed E-state index contributed by atoms with van der Waals surface area (Å²) < 4.78 is 5.96. The highest BCUT2D eigenvalue weighted by Gasteiger charge is 2.18. The first-order valence-electron chi connectivity index (χ1n) is 9.86. The van der Waals surface area contributed by atoms with E-state index in [4.69, 9.17) is 4.74 Å². The molecule has 1 atom stereocenters. The van der Waals surface area contributed by atoms with Crippen LogP contribution < -0.4 is 10.1 Å². The third-order valence-electron chi connectivity index (χ3n) is 4.51. The molecule has 29 heavy (non-hydrogen) atoms.